The van der Waals surface area contributed by atoms with Gasteiger partial charge in [-0.3, -0.25) is 0 Å². The summed E-state index contributed by atoms with van der Waals surface area (Å²) >= 11 is 0. The van der Waals surface area contributed by atoms with Gasteiger partial charge in [0.15, 0.2) is 0 Å². The van der Waals surface area contributed by atoms with Crippen molar-refractivity contribution in [2.75, 3.05) is 19.6 Å². The lowest BCUT2D eigenvalue weighted by molar-refractivity contribution is -0.0178. The Balaban J connectivity index is 2.01. The van der Waals surface area contributed by atoms with E-state index < -0.39 is 11.2 Å². The molecule has 1 saturated heterocycles. The molecule has 1 aliphatic carbocycles. The normalized spacial score (nSPS) is 22.8. The van der Waals surface area contributed by atoms with Crippen LogP contribution in [0.4, 0.5) is 9.59 Å². The Labute approximate surface area is 139 Å². The number of carbonyl (C=O) groups is 2. The van der Waals surface area contributed by atoms with E-state index in [2.05, 4.69) is 0 Å². The fraction of sp³-hybridized carbons (Fsp3) is 0.882. The van der Waals surface area contributed by atoms with Crippen LogP contribution in [0, 0.1) is 5.92 Å². The van der Waals surface area contributed by atoms with Crippen LogP contribution >= 0.6 is 0 Å². The van der Waals surface area contributed by atoms with E-state index in [9.17, 15) is 9.59 Å². The van der Waals surface area contributed by atoms with E-state index in [1.54, 1.807) is 9.80 Å². The van der Waals surface area contributed by atoms with E-state index in [1.807, 2.05) is 41.5 Å². The quantitative estimate of drug-likeness (QED) is 0.742. The summed E-state index contributed by atoms with van der Waals surface area (Å²) in [6.45, 7) is 12.7. The van der Waals surface area contributed by atoms with E-state index in [0.717, 1.165) is 12.8 Å². The van der Waals surface area contributed by atoms with Crippen molar-refractivity contribution in [3.63, 3.8) is 0 Å². The smallest absolute Gasteiger partial charge is 0.410 e. The van der Waals surface area contributed by atoms with Gasteiger partial charge < -0.3 is 19.3 Å². The van der Waals surface area contributed by atoms with E-state index in [4.69, 9.17) is 9.47 Å². The van der Waals surface area contributed by atoms with Gasteiger partial charge in [0.25, 0.3) is 0 Å². The van der Waals surface area contributed by atoms with E-state index in [1.165, 1.54) is 0 Å². The lowest BCUT2D eigenvalue weighted by atomic mass is 10.1. The second-order valence-electron chi connectivity index (χ2n) is 8.50. The third kappa shape index (κ3) is 5.29. The SMILES string of the molecule is CC(C)(C)OC(=O)N1CCN(C(=O)OC(C)(C)C)[C@H](C2CC2)C1. The molecule has 1 aliphatic heterocycles. The predicted molar refractivity (Wildman–Crippen MR) is 87.3 cm³/mol. The van der Waals surface area contributed by atoms with Crippen molar-refractivity contribution in [3.05, 3.63) is 0 Å². The fourth-order valence-corrected chi connectivity index (χ4v) is 2.73. The van der Waals surface area contributed by atoms with Gasteiger partial charge in [0, 0.05) is 19.6 Å². The second kappa shape index (κ2) is 6.21. The molecule has 0 aromatic heterocycles. The van der Waals surface area contributed by atoms with Crippen LogP contribution in [-0.4, -0.2) is 58.9 Å². The number of piperazine rings is 1. The van der Waals surface area contributed by atoms with Crippen LogP contribution in [0.5, 0.6) is 0 Å². The molecule has 2 amide bonds. The van der Waals surface area contributed by atoms with Gasteiger partial charge in [-0.05, 0) is 60.3 Å². The monoisotopic (exact) mass is 326 g/mol. The highest BCUT2D eigenvalue weighted by Gasteiger charge is 2.43. The average Bonchev–Trinajstić information content (AvgIpc) is 3.18. The first kappa shape index (κ1) is 17.9. The number of nitrogens with zero attached hydrogens (tertiary/aromatic N) is 2. The minimum absolute atomic E-state index is 0.0334. The van der Waals surface area contributed by atoms with Crippen molar-refractivity contribution in [1.29, 1.82) is 0 Å². The summed E-state index contributed by atoms with van der Waals surface area (Å²) in [5.41, 5.74) is -1.01. The topological polar surface area (TPSA) is 59.1 Å². The first-order chi connectivity index (χ1) is 10.5. The van der Waals surface area contributed by atoms with Gasteiger partial charge in [0.2, 0.25) is 0 Å². The molecular formula is C17H30N2O4. The highest BCUT2D eigenvalue weighted by Crippen LogP contribution is 2.37. The Bertz CT molecular complexity index is 460. The Morgan fingerprint density at radius 3 is 1.87 bits per heavy atom. The zero-order chi connectivity index (χ0) is 17.4. The molecule has 1 atom stereocenters. The lowest BCUT2D eigenvalue weighted by Gasteiger charge is -2.42. The van der Waals surface area contributed by atoms with Crippen molar-refractivity contribution in [3.8, 4) is 0 Å². The molecule has 0 aromatic carbocycles. The van der Waals surface area contributed by atoms with Crippen molar-refractivity contribution >= 4 is 12.2 Å². The molecule has 0 spiro atoms. The fourth-order valence-electron chi connectivity index (χ4n) is 2.73. The summed E-state index contributed by atoms with van der Waals surface area (Å²) in [6.07, 6.45) is 1.63. The minimum Gasteiger partial charge on any atom is -0.444 e. The second-order valence-corrected chi connectivity index (χ2v) is 8.50. The summed E-state index contributed by atoms with van der Waals surface area (Å²) in [6, 6.07) is 0.0334. The summed E-state index contributed by atoms with van der Waals surface area (Å²) < 4.78 is 11.0. The third-order valence-corrected chi connectivity index (χ3v) is 3.86. The molecule has 6 heteroatoms. The van der Waals surface area contributed by atoms with Gasteiger partial charge >= 0.3 is 12.2 Å². The van der Waals surface area contributed by atoms with Crippen LogP contribution in [-0.2, 0) is 9.47 Å². The van der Waals surface area contributed by atoms with Crippen molar-refractivity contribution in [2.24, 2.45) is 5.92 Å². The molecule has 2 fully saturated rings. The Morgan fingerprint density at radius 1 is 0.870 bits per heavy atom. The molecule has 132 valence electrons. The van der Waals surface area contributed by atoms with Gasteiger partial charge in [-0.1, -0.05) is 0 Å². The van der Waals surface area contributed by atoms with Crippen LogP contribution in [0.1, 0.15) is 54.4 Å². The summed E-state index contributed by atoms with van der Waals surface area (Å²) in [4.78, 5) is 28.2. The Hall–Kier alpha value is -1.46. The zero-order valence-corrected chi connectivity index (χ0v) is 15.2. The predicted octanol–water partition coefficient (Wildman–Crippen LogP) is 3.25. The molecule has 0 unspecified atom stereocenters. The zero-order valence-electron chi connectivity index (χ0n) is 15.2. The van der Waals surface area contributed by atoms with Crippen LogP contribution in [0.15, 0.2) is 0 Å². The third-order valence-electron chi connectivity index (χ3n) is 3.86. The molecule has 2 rings (SSSR count). The largest absolute Gasteiger partial charge is 0.444 e. The van der Waals surface area contributed by atoms with Gasteiger partial charge in [-0.2, -0.15) is 0 Å². The minimum atomic E-state index is -0.506. The maximum absolute atomic E-state index is 12.4. The summed E-state index contributed by atoms with van der Waals surface area (Å²) in [5.74, 6) is 0.466. The van der Waals surface area contributed by atoms with Crippen molar-refractivity contribution in [2.45, 2.75) is 71.6 Å². The maximum atomic E-state index is 12.4. The van der Waals surface area contributed by atoms with Gasteiger partial charge in [-0.25, -0.2) is 9.59 Å². The van der Waals surface area contributed by atoms with E-state index >= 15 is 0 Å². The lowest BCUT2D eigenvalue weighted by Crippen LogP contribution is -2.58. The summed E-state index contributed by atoms with van der Waals surface area (Å²) in [5, 5.41) is 0. The Kier molecular flexibility index (Phi) is 4.83. The molecule has 23 heavy (non-hydrogen) atoms. The number of ether oxygens (including phenoxy) is 2. The number of amides is 2. The molecule has 1 heterocycles. The van der Waals surface area contributed by atoms with Crippen molar-refractivity contribution < 1.29 is 19.1 Å². The standard InChI is InChI=1S/C17H30N2O4/c1-16(2,3)22-14(20)18-9-10-19(13(11-18)12-7-8-12)15(21)23-17(4,5)6/h12-13H,7-11H2,1-6H3/t13-/m0/s1. The van der Waals surface area contributed by atoms with Crippen molar-refractivity contribution in [1.82, 2.24) is 9.80 Å². The molecular weight excluding hydrogens is 296 g/mol. The van der Waals surface area contributed by atoms with Gasteiger partial charge in [0.1, 0.15) is 11.2 Å². The molecule has 2 aliphatic rings. The molecule has 0 aromatic rings. The van der Waals surface area contributed by atoms with Gasteiger partial charge in [0.05, 0.1) is 6.04 Å². The Morgan fingerprint density at radius 2 is 1.39 bits per heavy atom. The molecule has 0 radical (unpaired) electrons. The van der Waals surface area contributed by atoms with E-state index in [0.29, 0.717) is 25.6 Å². The highest BCUT2D eigenvalue weighted by atomic mass is 16.6. The van der Waals surface area contributed by atoms with E-state index in [-0.39, 0.29) is 18.2 Å². The average molecular weight is 326 g/mol. The number of hydrogen-bond donors (Lipinski definition) is 0. The maximum Gasteiger partial charge on any atom is 0.410 e. The number of rotatable bonds is 1. The molecule has 0 N–H and O–H groups in total. The van der Waals surface area contributed by atoms with Crippen LogP contribution < -0.4 is 0 Å². The first-order valence-corrected chi connectivity index (χ1v) is 8.44. The number of carbonyl (C=O) groups excluding carboxylic acids is 2. The van der Waals surface area contributed by atoms with Crippen LogP contribution in [0.2, 0.25) is 0 Å². The first-order valence-electron chi connectivity index (χ1n) is 8.44. The highest BCUT2D eigenvalue weighted by molar-refractivity contribution is 5.71. The number of hydrogen-bond acceptors (Lipinski definition) is 4. The van der Waals surface area contributed by atoms with Gasteiger partial charge in [-0.15, -0.1) is 0 Å². The molecule has 1 saturated carbocycles. The molecule has 0 bridgehead atoms. The van der Waals surface area contributed by atoms with Crippen LogP contribution in [0.3, 0.4) is 0 Å². The molecule has 6 nitrogen and oxygen atoms in total. The summed E-state index contributed by atoms with van der Waals surface area (Å²) in [7, 11) is 0. The van der Waals surface area contributed by atoms with Crippen LogP contribution in [0.25, 0.3) is 0 Å².